The van der Waals surface area contributed by atoms with Crippen molar-refractivity contribution in [2.45, 2.75) is 20.1 Å². The molecule has 2 rings (SSSR count). The highest BCUT2D eigenvalue weighted by molar-refractivity contribution is 14.0. The van der Waals surface area contributed by atoms with Crippen molar-refractivity contribution in [2.75, 3.05) is 53.5 Å². The molecule has 0 bridgehead atoms. The Bertz CT molecular complexity index is 584. The zero-order chi connectivity index (χ0) is 19.6. The Hall–Kier alpha value is -1.20. The van der Waals surface area contributed by atoms with E-state index in [9.17, 15) is 8.78 Å². The molecule has 0 spiro atoms. The SMILES string of the molecule is CN=C(NCC(C)CN1CCOCC1)N(C)Cc1ccc(OC(F)F)cc1.I. The van der Waals surface area contributed by atoms with Crippen LogP contribution < -0.4 is 10.1 Å². The number of halogens is 3. The number of aliphatic imine (C=N–C) groups is 1. The summed E-state index contributed by atoms with van der Waals surface area (Å²) in [6.45, 7) is 5.50. The van der Waals surface area contributed by atoms with E-state index >= 15 is 0 Å². The monoisotopic (exact) mass is 512 g/mol. The molecular weight excluding hydrogens is 481 g/mol. The third kappa shape index (κ3) is 8.87. The zero-order valence-corrected chi connectivity index (χ0v) is 19.1. The molecule has 1 fully saturated rings. The van der Waals surface area contributed by atoms with Crippen molar-refractivity contribution >= 4 is 29.9 Å². The summed E-state index contributed by atoms with van der Waals surface area (Å²) in [4.78, 5) is 8.76. The zero-order valence-electron chi connectivity index (χ0n) is 16.7. The van der Waals surface area contributed by atoms with Crippen LogP contribution in [0.3, 0.4) is 0 Å². The highest BCUT2D eigenvalue weighted by atomic mass is 127. The summed E-state index contributed by atoms with van der Waals surface area (Å²) in [7, 11) is 3.70. The van der Waals surface area contributed by atoms with E-state index in [-0.39, 0.29) is 29.7 Å². The second kappa shape index (κ2) is 13.1. The van der Waals surface area contributed by atoms with Crippen LogP contribution in [0.15, 0.2) is 29.3 Å². The van der Waals surface area contributed by atoms with Gasteiger partial charge < -0.3 is 19.7 Å². The van der Waals surface area contributed by atoms with E-state index in [0.29, 0.717) is 12.5 Å². The minimum absolute atomic E-state index is 0. The van der Waals surface area contributed by atoms with Crippen molar-refractivity contribution in [1.29, 1.82) is 0 Å². The lowest BCUT2D eigenvalue weighted by atomic mass is 10.1. The van der Waals surface area contributed by atoms with Crippen LogP contribution in [0.4, 0.5) is 8.78 Å². The molecule has 1 heterocycles. The Labute approximate surface area is 183 Å². The number of nitrogens with zero attached hydrogens (tertiary/aromatic N) is 3. The van der Waals surface area contributed by atoms with Gasteiger partial charge in [0.05, 0.1) is 13.2 Å². The Balaban J connectivity index is 0.00000392. The number of rotatable bonds is 8. The number of hydrogen-bond acceptors (Lipinski definition) is 4. The molecule has 1 aromatic rings. The van der Waals surface area contributed by atoms with Crippen molar-refractivity contribution in [3.8, 4) is 5.75 Å². The average Bonchev–Trinajstić information content (AvgIpc) is 2.64. The summed E-state index contributed by atoms with van der Waals surface area (Å²) >= 11 is 0. The number of ether oxygens (including phenoxy) is 2. The van der Waals surface area contributed by atoms with E-state index < -0.39 is 6.61 Å². The molecule has 0 aliphatic carbocycles. The lowest BCUT2D eigenvalue weighted by molar-refractivity contribution is -0.0498. The molecule has 0 aromatic heterocycles. The summed E-state index contributed by atoms with van der Waals surface area (Å²) in [6.07, 6.45) is 0. The lowest BCUT2D eigenvalue weighted by Gasteiger charge is -2.30. The molecule has 1 aliphatic rings. The van der Waals surface area contributed by atoms with E-state index in [0.717, 1.165) is 50.9 Å². The molecule has 1 N–H and O–H groups in total. The van der Waals surface area contributed by atoms with Crippen LogP contribution in [0.2, 0.25) is 0 Å². The second-order valence-corrected chi connectivity index (χ2v) is 6.82. The maximum Gasteiger partial charge on any atom is 0.387 e. The Kier molecular flexibility index (Phi) is 11.6. The summed E-state index contributed by atoms with van der Waals surface area (Å²) < 4.78 is 34.2. The number of nitrogens with one attached hydrogen (secondary N) is 1. The normalized spacial score (nSPS) is 16.4. The molecular formula is C19H31F2IN4O2. The van der Waals surface area contributed by atoms with Crippen LogP contribution >= 0.6 is 24.0 Å². The number of benzene rings is 1. The molecule has 1 unspecified atom stereocenters. The second-order valence-electron chi connectivity index (χ2n) is 6.82. The predicted octanol–water partition coefficient (Wildman–Crippen LogP) is 2.88. The molecule has 1 aliphatic heterocycles. The maximum absolute atomic E-state index is 12.2. The topological polar surface area (TPSA) is 49.3 Å². The molecule has 28 heavy (non-hydrogen) atoms. The fourth-order valence-electron chi connectivity index (χ4n) is 3.06. The van der Waals surface area contributed by atoms with Crippen LogP contribution in [0.1, 0.15) is 12.5 Å². The van der Waals surface area contributed by atoms with Gasteiger partial charge in [0, 0.05) is 46.8 Å². The molecule has 160 valence electrons. The maximum atomic E-state index is 12.2. The first kappa shape index (κ1) is 24.8. The van der Waals surface area contributed by atoms with Crippen LogP contribution in [0.25, 0.3) is 0 Å². The molecule has 1 atom stereocenters. The standard InChI is InChI=1S/C19H30F2N4O2.HI/c1-15(13-25-8-10-26-11-9-25)12-23-19(22-2)24(3)14-16-4-6-17(7-5-16)27-18(20)21;/h4-7,15,18H,8-14H2,1-3H3,(H,22,23);1H. The number of morpholine rings is 1. The fourth-order valence-corrected chi connectivity index (χ4v) is 3.06. The quantitative estimate of drug-likeness (QED) is 0.330. The fraction of sp³-hybridized carbons (Fsp3) is 0.632. The van der Waals surface area contributed by atoms with Crippen molar-refractivity contribution in [2.24, 2.45) is 10.9 Å². The van der Waals surface area contributed by atoms with E-state index in [4.69, 9.17) is 4.74 Å². The first-order valence-corrected chi connectivity index (χ1v) is 9.23. The summed E-state index contributed by atoms with van der Waals surface area (Å²) in [5, 5.41) is 3.41. The minimum Gasteiger partial charge on any atom is -0.435 e. The van der Waals surface area contributed by atoms with Crippen molar-refractivity contribution in [3.05, 3.63) is 29.8 Å². The molecule has 0 amide bonds. The first-order valence-electron chi connectivity index (χ1n) is 9.23. The minimum atomic E-state index is -2.80. The number of alkyl halides is 2. The molecule has 0 saturated carbocycles. The Morgan fingerprint density at radius 1 is 1.29 bits per heavy atom. The summed E-state index contributed by atoms with van der Waals surface area (Å²) in [6, 6.07) is 6.66. The molecule has 0 radical (unpaired) electrons. The van der Waals surface area contributed by atoms with Crippen LogP contribution in [-0.4, -0.2) is 75.9 Å². The molecule has 1 aromatic carbocycles. The Morgan fingerprint density at radius 2 is 1.93 bits per heavy atom. The third-order valence-electron chi connectivity index (χ3n) is 4.42. The summed E-state index contributed by atoms with van der Waals surface area (Å²) in [5.41, 5.74) is 0.989. The van der Waals surface area contributed by atoms with Gasteiger partial charge in [-0.25, -0.2) is 0 Å². The smallest absolute Gasteiger partial charge is 0.387 e. The lowest BCUT2D eigenvalue weighted by Crippen LogP contribution is -2.44. The summed E-state index contributed by atoms with van der Waals surface area (Å²) in [5.74, 6) is 1.45. The van der Waals surface area contributed by atoms with Gasteiger partial charge in [-0.1, -0.05) is 19.1 Å². The van der Waals surface area contributed by atoms with E-state index in [1.54, 1.807) is 31.3 Å². The van der Waals surface area contributed by atoms with Gasteiger partial charge in [-0.3, -0.25) is 9.89 Å². The van der Waals surface area contributed by atoms with Crippen LogP contribution in [-0.2, 0) is 11.3 Å². The largest absolute Gasteiger partial charge is 0.435 e. The van der Waals surface area contributed by atoms with E-state index in [1.165, 1.54) is 0 Å². The first-order chi connectivity index (χ1) is 13.0. The van der Waals surface area contributed by atoms with Gasteiger partial charge in [0.25, 0.3) is 0 Å². The van der Waals surface area contributed by atoms with E-state index in [1.807, 2.05) is 11.9 Å². The molecule has 6 nitrogen and oxygen atoms in total. The Morgan fingerprint density at radius 3 is 2.50 bits per heavy atom. The van der Waals surface area contributed by atoms with Gasteiger partial charge >= 0.3 is 6.61 Å². The van der Waals surface area contributed by atoms with Gasteiger partial charge in [-0.2, -0.15) is 8.78 Å². The van der Waals surface area contributed by atoms with Crippen molar-refractivity contribution in [1.82, 2.24) is 15.1 Å². The van der Waals surface area contributed by atoms with Gasteiger partial charge in [-0.05, 0) is 23.6 Å². The van der Waals surface area contributed by atoms with Crippen LogP contribution in [0, 0.1) is 5.92 Å². The highest BCUT2D eigenvalue weighted by Crippen LogP contribution is 2.15. The van der Waals surface area contributed by atoms with E-state index in [2.05, 4.69) is 26.9 Å². The van der Waals surface area contributed by atoms with Crippen LogP contribution in [0.5, 0.6) is 5.75 Å². The van der Waals surface area contributed by atoms with Gasteiger partial charge in [0.1, 0.15) is 5.75 Å². The van der Waals surface area contributed by atoms with Gasteiger partial charge in [0.2, 0.25) is 0 Å². The van der Waals surface area contributed by atoms with Gasteiger partial charge in [-0.15, -0.1) is 24.0 Å². The highest BCUT2D eigenvalue weighted by Gasteiger charge is 2.15. The molecule has 9 heteroatoms. The van der Waals surface area contributed by atoms with Crippen molar-refractivity contribution < 1.29 is 18.3 Å². The van der Waals surface area contributed by atoms with Crippen molar-refractivity contribution in [3.63, 3.8) is 0 Å². The number of guanidine groups is 1. The average molecular weight is 512 g/mol. The van der Waals surface area contributed by atoms with Gasteiger partial charge in [0.15, 0.2) is 5.96 Å². The predicted molar refractivity (Wildman–Crippen MR) is 118 cm³/mol. The number of hydrogen-bond donors (Lipinski definition) is 1. The molecule has 1 saturated heterocycles. The third-order valence-corrected chi connectivity index (χ3v) is 4.42.